The zero-order chi connectivity index (χ0) is 15.9. The zero-order valence-corrected chi connectivity index (χ0v) is 11.3. The number of fused-ring (bicyclic) bond motifs is 1. The molecule has 0 aliphatic carbocycles. The molecule has 2 aliphatic heterocycles. The fourth-order valence-electron chi connectivity index (χ4n) is 2.47. The summed E-state index contributed by atoms with van der Waals surface area (Å²) >= 11 is 0. The number of nitrogens with zero attached hydrogens (tertiary/aromatic N) is 3. The van der Waals surface area contributed by atoms with Crippen LogP contribution in [0.25, 0.3) is 0 Å². The first kappa shape index (κ1) is 14.1. The van der Waals surface area contributed by atoms with Gasteiger partial charge in [0.05, 0.1) is 23.2 Å². The Hall–Kier alpha value is -2.88. The number of nitrogen functional groups attached to an aromatic ring is 1. The molecule has 5 nitrogen and oxygen atoms in total. The molecule has 0 saturated heterocycles. The van der Waals surface area contributed by atoms with E-state index in [1.807, 2.05) is 6.07 Å². The molecule has 7 heteroatoms. The topological polar surface area (TPSA) is 91.6 Å². The lowest BCUT2D eigenvalue weighted by molar-refractivity contribution is 0.103. The number of halogens is 2. The van der Waals surface area contributed by atoms with Gasteiger partial charge in [0, 0.05) is 18.0 Å². The summed E-state index contributed by atoms with van der Waals surface area (Å²) in [6, 6.07) is 4.03. The molecule has 0 saturated carbocycles. The van der Waals surface area contributed by atoms with Crippen molar-refractivity contribution in [2.24, 2.45) is 15.9 Å². The van der Waals surface area contributed by atoms with Crippen LogP contribution in [0.2, 0.25) is 0 Å². The molecule has 2 heterocycles. The van der Waals surface area contributed by atoms with Crippen LogP contribution in [0.1, 0.15) is 16.8 Å². The first-order valence-electron chi connectivity index (χ1n) is 6.50. The molecule has 3 rings (SSSR count). The third kappa shape index (κ3) is 2.09. The number of hydrogen-bond acceptors (Lipinski definition) is 5. The molecule has 22 heavy (non-hydrogen) atoms. The number of Topliss-reactive ketones (excluding diaryl/α,β-unsaturated/α-hetero) is 1. The van der Waals surface area contributed by atoms with Crippen LogP contribution >= 0.6 is 0 Å². The monoisotopic (exact) mass is 300 g/mol. The van der Waals surface area contributed by atoms with Crippen molar-refractivity contribution in [1.82, 2.24) is 0 Å². The quantitative estimate of drug-likeness (QED) is 0.669. The average Bonchev–Trinajstić information content (AvgIpc) is 2.94. The smallest absolute Gasteiger partial charge is 0.200 e. The summed E-state index contributed by atoms with van der Waals surface area (Å²) in [4.78, 5) is 20.6. The maximum atomic E-state index is 14.0. The van der Waals surface area contributed by atoms with Gasteiger partial charge in [-0.2, -0.15) is 5.26 Å². The molecule has 0 bridgehead atoms. The summed E-state index contributed by atoms with van der Waals surface area (Å²) in [5.41, 5.74) is 4.95. The van der Waals surface area contributed by atoms with Gasteiger partial charge >= 0.3 is 0 Å². The zero-order valence-electron chi connectivity index (χ0n) is 11.3. The second-order valence-electron chi connectivity index (χ2n) is 4.98. The van der Waals surface area contributed by atoms with Crippen LogP contribution in [0.15, 0.2) is 33.3 Å². The molecule has 110 valence electrons. The Bertz CT molecular complexity index is 804. The van der Waals surface area contributed by atoms with Gasteiger partial charge in [-0.05, 0) is 24.1 Å². The van der Waals surface area contributed by atoms with Crippen LogP contribution in [-0.4, -0.2) is 24.4 Å². The first-order valence-corrected chi connectivity index (χ1v) is 6.50. The van der Waals surface area contributed by atoms with Crippen molar-refractivity contribution in [1.29, 1.82) is 5.26 Å². The maximum absolute atomic E-state index is 14.0. The highest BCUT2D eigenvalue weighted by atomic mass is 19.1. The largest absolute Gasteiger partial charge is 0.396 e. The highest BCUT2D eigenvalue weighted by molar-refractivity contribution is 6.23. The van der Waals surface area contributed by atoms with E-state index in [1.54, 1.807) is 0 Å². The van der Waals surface area contributed by atoms with Crippen molar-refractivity contribution in [3.05, 3.63) is 40.5 Å². The minimum Gasteiger partial charge on any atom is -0.396 e. The van der Waals surface area contributed by atoms with Gasteiger partial charge in [0.1, 0.15) is 5.82 Å². The molecule has 1 aromatic carbocycles. The molecule has 2 atom stereocenters. The Labute approximate surface area is 124 Å². The Morgan fingerprint density at radius 1 is 1.36 bits per heavy atom. The van der Waals surface area contributed by atoms with E-state index < -0.39 is 35.1 Å². The normalized spacial score (nSPS) is 22.6. The number of aliphatic imine (C=N–C) groups is 2. The molecular formula is C15H10F2N4O. The number of carbonyl (C=O) groups excluding carboxylic acids is 1. The lowest BCUT2D eigenvalue weighted by Gasteiger charge is -2.17. The van der Waals surface area contributed by atoms with Gasteiger partial charge in [-0.1, -0.05) is 0 Å². The summed E-state index contributed by atoms with van der Waals surface area (Å²) in [5.74, 6) is -3.40. The summed E-state index contributed by atoms with van der Waals surface area (Å²) in [6.45, 7) is 0. The van der Waals surface area contributed by atoms with Gasteiger partial charge in [-0.3, -0.25) is 14.8 Å². The van der Waals surface area contributed by atoms with Crippen molar-refractivity contribution >= 4 is 23.9 Å². The molecule has 2 aliphatic rings. The number of nitrogens with two attached hydrogens (primary N) is 1. The average molecular weight is 300 g/mol. The predicted octanol–water partition coefficient (Wildman–Crippen LogP) is 2.05. The minimum atomic E-state index is -1.09. The molecule has 0 amide bonds. The van der Waals surface area contributed by atoms with Gasteiger partial charge in [-0.15, -0.1) is 0 Å². The van der Waals surface area contributed by atoms with E-state index in [9.17, 15) is 13.6 Å². The van der Waals surface area contributed by atoms with Crippen molar-refractivity contribution < 1.29 is 13.6 Å². The summed E-state index contributed by atoms with van der Waals surface area (Å²) in [6.07, 6.45) is 2.40. The lowest BCUT2D eigenvalue weighted by Crippen LogP contribution is -2.19. The maximum Gasteiger partial charge on any atom is 0.200 e. The van der Waals surface area contributed by atoms with Crippen LogP contribution in [0.4, 0.5) is 14.5 Å². The van der Waals surface area contributed by atoms with Crippen LogP contribution in [-0.2, 0) is 0 Å². The van der Waals surface area contributed by atoms with Gasteiger partial charge < -0.3 is 5.73 Å². The SMILES string of the molecule is N#CC1C=NC2N=CC(C(=O)c3c(F)ccc(N)c3F)=C2C1. The van der Waals surface area contributed by atoms with E-state index >= 15 is 0 Å². The number of allylic oxidation sites excluding steroid dienone is 1. The van der Waals surface area contributed by atoms with E-state index in [2.05, 4.69) is 9.98 Å². The van der Waals surface area contributed by atoms with Gasteiger partial charge in [-0.25, -0.2) is 8.78 Å². The number of carbonyl (C=O) groups is 1. The Balaban J connectivity index is 2.07. The third-order valence-electron chi connectivity index (χ3n) is 3.61. The van der Waals surface area contributed by atoms with E-state index in [4.69, 9.17) is 11.0 Å². The number of hydrogen-bond donors (Lipinski definition) is 1. The van der Waals surface area contributed by atoms with E-state index in [0.29, 0.717) is 5.57 Å². The second kappa shape index (κ2) is 5.15. The number of benzene rings is 1. The molecular weight excluding hydrogens is 290 g/mol. The standard InChI is InChI=1S/C15H10F2N4O/c16-10-1-2-11(19)13(17)12(10)14(22)9-6-21-15-8(9)3-7(4-18)5-20-15/h1-2,5-7,15H,3,19H2. The van der Waals surface area contributed by atoms with Crippen molar-refractivity contribution in [2.75, 3.05) is 5.73 Å². The third-order valence-corrected chi connectivity index (χ3v) is 3.61. The van der Waals surface area contributed by atoms with Gasteiger partial charge in [0.2, 0.25) is 5.78 Å². The summed E-state index contributed by atoms with van der Waals surface area (Å²) in [5, 5.41) is 8.95. The number of anilines is 1. The molecule has 2 unspecified atom stereocenters. The van der Waals surface area contributed by atoms with Crippen molar-refractivity contribution in [3.63, 3.8) is 0 Å². The van der Waals surface area contributed by atoms with Crippen molar-refractivity contribution in [2.45, 2.75) is 12.6 Å². The van der Waals surface area contributed by atoms with Crippen LogP contribution in [0.5, 0.6) is 0 Å². The Morgan fingerprint density at radius 3 is 2.86 bits per heavy atom. The molecule has 0 spiro atoms. The Kier molecular flexibility index (Phi) is 3.29. The van der Waals surface area contributed by atoms with Crippen LogP contribution < -0.4 is 5.73 Å². The van der Waals surface area contributed by atoms with Crippen LogP contribution in [0, 0.1) is 28.9 Å². The molecule has 1 aromatic rings. The summed E-state index contributed by atoms with van der Waals surface area (Å²) < 4.78 is 27.8. The van der Waals surface area contributed by atoms with Gasteiger partial charge in [0.15, 0.2) is 12.0 Å². The first-order chi connectivity index (χ1) is 10.5. The van der Waals surface area contributed by atoms with Crippen molar-refractivity contribution in [3.8, 4) is 6.07 Å². The molecule has 0 radical (unpaired) electrons. The predicted molar refractivity (Wildman–Crippen MR) is 76.6 cm³/mol. The van der Waals surface area contributed by atoms with Crippen LogP contribution in [0.3, 0.4) is 0 Å². The summed E-state index contributed by atoms with van der Waals surface area (Å²) in [7, 11) is 0. The van der Waals surface area contributed by atoms with E-state index in [1.165, 1.54) is 12.4 Å². The number of ketones is 1. The molecule has 0 fully saturated rings. The van der Waals surface area contributed by atoms with E-state index in [0.717, 1.165) is 12.1 Å². The highest BCUT2D eigenvalue weighted by Gasteiger charge is 2.32. The molecule has 0 aromatic heterocycles. The highest BCUT2D eigenvalue weighted by Crippen LogP contribution is 2.32. The minimum absolute atomic E-state index is 0.0745. The number of nitriles is 1. The van der Waals surface area contributed by atoms with Gasteiger partial charge in [0.25, 0.3) is 0 Å². The fraction of sp³-hybridized carbons (Fsp3) is 0.200. The molecule has 2 N–H and O–H groups in total. The lowest BCUT2D eigenvalue weighted by atomic mass is 9.91. The number of rotatable bonds is 2. The van der Waals surface area contributed by atoms with E-state index in [-0.39, 0.29) is 17.7 Å². The fourth-order valence-corrected chi connectivity index (χ4v) is 2.47. The second-order valence-corrected chi connectivity index (χ2v) is 4.98. The Morgan fingerprint density at radius 2 is 2.14 bits per heavy atom.